The maximum Gasteiger partial charge on any atom is 0.471 e. The lowest BCUT2D eigenvalue weighted by molar-refractivity contribution is -0.159. The predicted molar refractivity (Wildman–Crippen MR) is 83.7 cm³/mol. The van der Waals surface area contributed by atoms with Gasteiger partial charge in [0.1, 0.15) is 5.69 Å². The summed E-state index contributed by atoms with van der Waals surface area (Å²) in [6.45, 7) is 3.30. The Balaban J connectivity index is 1.45. The van der Waals surface area contributed by atoms with Gasteiger partial charge in [0.05, 0.1) is 0 Å². The maximum absolute atomic E-state index is 12.6. The number of likely N-dealkylation sites (tertiary alicyclic amines) is 1. The summed E-state index contributed by atoms with van der Waals surface area (Å²) in [5.41, 5.74) is 1.21. The summed E-state index contributed by atoms with van der Waals surface area (Å²) in [7, 11) is 0. The summed E-state index contributed by atoms with van der Waals surface area (Å²) < 4.78 is 42.1. The van der Waals surface area contributed by atoms with Crippen LogP contribution in [0.3, 0.4) is 0 Å². The fraction of sp³-hybridized carbons (Fsp3) is 0.588. The minimum Gasteiger partial charge on any atom is -0.329 e. The molecule has 1 aliphatic carbocycles. The summed E-state index contributed by atoms with van der Waals surface area (Å²) >= 11 is 0. The Labute approximate surface area is 143 Å². The Bertz CT molecular complexity index is 733. The van der Waals surface area contributed by atoms with Crippen LogP contribution in [0.1, 0.15) is 43.2 Å². The monoisotopic (exact) mass is 352 g/mol. The van der Waals surface area contributed by atoms with Gasteiger partial charge in [0, 0.05) is 18.2 Å². The summed E-state index contributed by atoms with van der Waals surface area (Å²) in [6.07, 6.45) is 0.103. The highest BCUT2D eigenvalue weighted by Gasteiger charge is 2.38. The number of halogens is 3. The lowest BCUT2D eigenvalue weighted by atomic mass is 9.92. The van der Waals surface area contributed by atoms with Crippen LogP contribution in [0.2, 0.25) is 0 Å². The molecule has 0 radical (unpaired) electrons. The molecule has 8 heteroatoms. The zero-order chi connectivity index (χ0) is 17.4. The van der Waals surface area contributed by atoms with E-state index in [-0.39, 0.29) is 5.82 Å². The van der Waals surface area contributed by atoms with Crippen molar-refractivity contribution in [3.63, 3.8) is 0 Å². The standard InChI is InChI=1S/C17H19F3N4O/c18-17(19,20)16-22-15(23-25-16)14-3-1-2-13(21-14)12-6-8-24(9-7-12)10-11-4-5-11/h1-3,11-12H,4-10H2. The topological polar surface area (TPSA) is 55.1 Å². The van der Waals surface area contributed by atoms with Crippen LogP contribution in [0.25, 0.3) is 11.5 Å². The molecule has 134 valence electrons. The van der Waals surface area contributed by atoms with Crippen molar-refractivity contribution in [3.8, 4) is 11.5 Å². The summed E-state index contributed by atoms with van der Waals surface area (Å²) in [4.78, 5) is 10.4. The summed E-state index contributed by atoms with van der Waals surface area (Å²) in [6, 6.07) is 5.32. The molecule has 0 unspecified atom stereocenters. The highest BCUT2D eigenvalue weighted by Crippen LogP contribution is 2.33. The van der Waals surface area contributed by atoms with Gasteiger partial charge in [-0.3, -0.25) is 0 Å². The number of nitrogens with zero attached hydrogens (tertiary/aromatic N) is 4. The molecule has 0 amide bonds. The lowest BCUT2D eigenvalue weighted by Crippen LogP contribution is -2.34. The molecule has 5 nitrogen and oxygen atoms in total. The number of alkyl halides is 3. The SMILES string of the molecule is FC(F)(F)c1nc(-c2cccc(C3CCN(CC4CC4)CC3)n2)no1. The van der Waals surface area contributed by atoms with Gasteiger partial charge in [0.25, 0.3) is 0 Å². The minimum absolute atomic E-state index is 0.125. The molecule has 1 aliphatic heterocycles. The van der Waals surface area contributed by atoms with Gasteiger partial charge in [-0.15, -0.1) is 0 Å². The molecule has 2 aromatic heterocycles. The van der Waals surface area contributed by atoms with Gasteiger partial charge in [-0.1, -0.05) is 11.2 Å². The molecular formula is C17H19F3N4O. The summed E-state index contributed by atoms with van der Waals surface area (Å²) in [5.74, 6) is -0.258. The lowest BCUT2D eigenvalue weighted by Gasteiger charge is -2.31. The van der Waals surface area contributed by atoms with E-state index < -0.39 is 12.1 Å². The average Bonchev–Trinajstić information content (AvgIpc) is 3.25. The van der Waals surface area contributed by atoms with Gasteiger partial charge in [0.2, 0.25) is 5.82 Å². The largest absolute Gasteiger partial charge is 0.471 e. The molecule has 2 aliphatic rings. The third-order valence-electron chi connectivity index (χ3n) is 4.89. The van der Waals surface area contributed by atoms with Crippen molar-refractivity contribution in [2.75, 3.05) is 19.6 Å². The molecule has 25 heavy (non-hydrogen) atoms. The first-order chi connectivity index (χ1) is 12.0. The molecule has 0 N–H and O–H groups in total. The number of piperidine rings is 1. The van der Waals surface area contributed by atoms with E-state index in [4.69, 9.17) is 0 Å². The maximum atomic E-state index is 12.6. The van der Waals surface area contributed by atoms with Crippen LogP contribution in [0.15, 0.2) is 22.7 Å². The number of rotatable bonds is 4. The zero-order valence-electron chi connectivity index (χ0n) is 13.7. The van der Waals surface area contributed by atoms with Crippen molar-refractivity contribution in [3.05, 3.63) is 29.8 Å². The smallest absolute Gasteiger partial charge is 0.329 e. The van der Waals surface area contributed by atoms with Crippen molar-refractivity contribution in [2.24, 2.45) is 5.92 Å². The Kier molecular flexibility index (Phi) is 4.23. The van der Waals surface area contributed by atoms with Gasteiger partial charge in [0.15, 0.2) is 0 Å². The molecule has 0 atom stereocenters. The first kappa shape index (κ1) is 16.5. The molecule has 0 spiro atoms. The van der Waals surface area contributed by atoms with Crippen LogP contribution < -0.4 is 0 Å². The van der Waals surface area contributed by atoms with Crippen molar-refractivity contribution in [1.82, 2.24) is 20.0 Å². The van der Waals surface area contributed by atoms with Gasteiger partial charge in [-0.25, -0.2) is 4.98 Å². The van der Waals surface area contributed by atoms with E-state index in [1.807, 2.05) is 6.07 Å². The van der Waals surface area contributed by atoms with E-state index in [1.54, 1.807) is 12.1 Å². The molecular weight excluding hydrogens is 333 g/mol. The second kappa shape index (κ2) is 6.40. The van der Waals surface area contributed by atoms with E-state index in [1.165, 1.54) is 19.4 Å². The highest BCUT2D eigenvalue weighted by atomic mass is 19.4. The molecule has 2 fully saturated rings. The van der Waals surface area contributed by atoms with E-state index in [9.17, 15) is 13.2 Å². The van der Waals surface area contributed by atoms with Crippen molar-refractivity contribution in [2.45, 2.75) is 37.8 Å². The second-order valence-corrected chi connectivity index (χ2v) is 6.89. The first-order valence-corrected chi connectivity index (χ1v) is 8.59. The molecule has 1 saturated heterocycles. The third-order valence-corrected chi connectivity index (χ3v) is 4.89. The van der Waals surface area contributed by atoms with Crippen LogP contribution in [-0.2, 0) is 6.18 Å². The third kappa shape index (κ3) is 3.84. The van der Waals surface area contributed by atoms with Gasteiger partial charge in [-0.2, -0.15) is 18.2 Å². The number of hydrogen-bond acceptors (Lipinski definition) is 5. The fourth-order valence-corrected chi connectivity index (χ4v) is 3.32. The van der Waals surface area contributed by atoms with Crippen LogP contribution >= 0.6 is 0 Å². The number of aromatic nitrogens is 3. The zero-order valence-corrected chi connectivity index (χ0v) is 13.7. The highest BCUT2D eigenvalue weighted by molar-refractivity contribution is 5.48. The van der Waals surface area contributed by atoms with Crippen molar-refractivity contribution in [1.29, 1.82) is 0 Å². The molecule has 4 rings (SSSR count). The Morgan fingerprint density at radius 3 is 2.48 bits per heavy atom. The molecule has 1 saturated carbocycles. The predicted octanol–water partition coefficient (Wildman–Crippen LogP) is 3.74. The van der Waals surface area contributed by atoms with Crippen LogP contribution in [0.4, 0.5) is 13.2 Å². The van der Waals surface area contributed by atoms with Crippen LogP contribution in [0, 0.1) is 5.92 Å². The number of pyridine rings is 1. The fourth-order valence-electron chi connectivity index (χ4n) is 3.32. The van der Waals surface area contributed by atoms with Gasteiger partial charge >= 0.3 is 12.1 Å². The minimum atomic E-state index is -4.64. The van der Waals surface area contributed by atoms with E-state index in [2.05, 4.69) is 24.5 Å². The summed E-state index contributed by atoms with van der Waals surface area (Å²) in [5, 5.41) is 3.41. The Morgan fingerprint density at radius 1 is 1.08 bits per heavy atom. The van der Waals surface area contributed by atoms with Crippen molar-refractivity contribution < 1.29 is 17.7 Å². The Hall–Kier alpha value is -1.96. The normalized spacial score (nSPS) is 20.1. The molecule has 3 heterocycles. The van der Waals surface area contributed by atoms with E-state index >= 15 is 0 Å². The Morgan fingerprint density at radius 2 is 1.84 bits per heavy atom. The van der Waals surface area contributed by atoms with Gasteiger partial charge < -0.3 is 9.42 Å². The molecule has 2 aromatic rings. The van der Waals surface area contributed by atoms with E-state index in [0.29, 0.717) is 11.6 Å². The molecule has 0 aromatic carbocycles. The van der Waals surface area contributed by atoms with Gasteiger partial charge in [-0.05, 0) is 56.8 Å². The molecule has 0 bridgehead atoms. The quantitative estimate of drug-likeness (QED) is 0.839. The van der Waals surface area contributed by atoms with Crippen molar-refractivity contribution >= 4 is 0 Å². The first-order valence-electron chi connectivity index (χ1n) is 8.59. The average molecular weight is 352 g/mol. The number of hydrogen-bond donors (Lipinski definition) is 0. The second-order valence-electron chi connectivity index (χ2n) is 6.89. The van der Waals surface area contributed by atoms with Crippen LogP contribution in [0.5, 0.6) is 0 Å². The van der Waals surface area contributed by atoms with E-state index in [0.717, 1.165) is 37.5 Å². The van der Waals surface area contributed by atoms with Crippen LogP contribution in [-0.4, -0.2) is 39.7 Å².